The lowest BCUT2D eigenvalue weighted by molar-refractivity contribution is -0.0204. The molecule has 0 spiro atoms. The second-order valence-corrected chi connectivity index (χ2v) is 12.9. The summed E-state index contributed by atoms with van der Waals surface area (Å²) < 4.78 is 17.8. The van der Waals surface area contributed by atoms with E-state index in [-0.39, 0.29) is 11.7 Å². The number of hydrogen-bond acceptors (Lipinski definition) is 3. The third kappa shape index (κ3) is 1.50. The molecule has 2 bridgehead atoms. The van der Waals surface area contributed by atoms with Crippen molar-refractivity contribution in [2.24, 2.45) is 11.8 Å². The van der Waals surface area contributed by atoms with Crippen LogP contribution in [0.25, 0.3) is 0 Å². The highest BCUT2D eigenvalue weighted by atomic mass is 28.3. The topological polar surface area (TPSA) is 27.7 Å². The molecular formula is C18H24O3Si. The Morgan fingerprint density at radius 1 is 1.09 bits per heavy atom. The maximum atomic E-state index is 6.54. The Hall–Kier alpha value is -1.26. The normalized spacial score (nSPS) is 34.6. The van der Waals surface area contributed by atoms with Crippen molar-refractivity contribution in [2.75, 3.05) is 14.2 Å². The van der Waals surface area contributed by atoms with E-state index in [1.54, 1.807) is 19.4 Å². The Kier molecular flexibility index (Phi) is 2.72. The van der Waals surface area contributed by atoms with Crippen molar-refractivity contribution in [3.05, 3.63) is 34.5 Å². The van der Waals surface area contributed by atoms with Gasteiger partial charge in [-0.25, -0.2) is 0 Å². The van der Waals surface area contributed by atoms with Crippen molar-refractivity contribution in [3.8, 4) is 11.5 Å². The van der Waals surface area contributed by atoms with Gasteiger partial charge in [-0.15, -0.1) is 0 Å². The van der Waals surface area contributed by atoms with Gasteiger partial charge in [0.05, 0.1) is 28.4 Å². The van der Waals surface area contributed by atoms with E-state index in [2.05, 4.69) is 32.6 Å². The first-order chi connectivity index (χ1) is 10.3. The monoisotopic (exact) mass is 316 g/mol. The Morgan fingerprint density at radius 2 is 1.73 bits per heavy atom. The summed E-state index contributed by atoms with van der Waals surface area (Å²) in [4.78, 5) is 0. The van der Waals surface area contributed by atoms with E-state index < -0.39 is 8.07 Å². The van der Waals surface area contributed by atoms with Crippen LogP contribution in [0.2, 0.25) is 19.6 Å². The fraction of sp³-hybridized carbons (Fsp3) is 0.556. The zero-order valence-electron chi connectivity index (χ0n) is 14.2. The Balaban J connectivity index is 1.91. The second kappa shape index (κ2) is 4.18. The van der Waals surface area contributed by atoms with Gasteiger partial charge in [-0.3, -0.25) is 0 Å². The first-order valence-corrected chi connectivity index (χ1v) is 11.5. The molecule has 3 aliphatic rings. The van der Waals surface area contributed by atoms with E-state index >= 15 is 0 Å². The lowest BCUT2D eigenvalue weighted by Crippen LogP contribution is -2.47. The minimum atomic E-state index is -1.31. The van der Waals surface area contributed by atoms with Crippen LogP contribution in [0, 0.1) is 11.8 Å². The number of rotatable bonds is 3. The molecule has 4 rings (SSSR count). The van der Waals surface area contributed by atoms with Gasteiger partial charge in [0.1, 0.15) is 17.1 Å². The molecule has 118 valence electrons. The molecule has 4 heteroatoms. The van der Waals surface area contributed by atoms with Gasteiger partial charge in [0.15, 0.2) is 0 Å². The van der Waals surface area contributed by atoms with Gasteiger partial charge in [-0.05, 0) is 19.1 Å². The minimum Gasteiger partial charge on any atom is -0.496 e. The van der Waals surface area contributed by atoms with Crippen molar-refractivity contribution >= 4 is 8.07 Å². The zero-order chi connectivity index (χ0) is 15.9. The van der Waals surface area contributed by atoms with Crippen molar-refractivity contribution in [1.82, 2.24) is 0 Å². The molecule has 0 saturated carbocycles. The highest BCUT2D eigenvalue weighted by Gasteiger charge is 2.66. The van der Waals surface area contributed by atoms with Crippen LogP contribution in [-0.4, -0.2) is 22.3 Å². The zero-order valence-corrected chi connectivity index (χ0v) is 15.2. The standard InChI is InChI=1S/C18H24O3Si/c1-18-15-10(9-13(15)22(4,5)6)17(21-18)14-11(19-2)7-8-12(20-3)16(14)18/h7-10,15,17H,1-6H3/t10-,15-,17-,18+/m0/s1. The highest BCUT2D eigenvalue weighted by Crippen LogP contribution is 2.70. The summed E-state index contributed by atoms with van der Waals surface area (Å²) in [7, 11) is 2.17. The van der Waals surface area contributed by atoms with Crippen molar-refractivity contribution in [2.45, 2.75) is 38.3 Å². The molecule has 0 aromatic heterocycles. The fourth-order valence-corrected chi connectivity index (χ4v) is 6.84. The predicted octanol–water partition coefficient (Wildman–Crippen LogP) is 4.05. The third-order valence-corrected chi connectivity index (χ3v) is 7.87. The maximum Gasteiger partial charge on any atom is 0.125 e. The van der Waals surface area contributed by atoms with Gasteiger partial charge in [0.2, 0.25) is 0 Å². The molecule has 2 heterocycles. The summed E-state index contributed by atoms with van der Waals surface area (Å²) >= 11 is 0. The summed E-state index contributed by atoms with van der Waals surface area (Å²) in [6.45, 7) is 9.52. The summed E-state index contributed by atoms with van der Waals surface area (Å²) in [5, 5.41) is 1.65. The Labute approximate surface area is 133 Å². The first kappa shape index (κ1) is 14.3. The van der Waals surface area contributed by atoms with Crippen molar-refractivity contribution in [1.29, 1.82) is 0 Å². The highest BCUT2D eigenvalue weighted by molar-refractivity contribution is 6.83. The van der Waals surface area contributed by atoms with Crippen LogP contribution >= 0.6 is 0 Å². The van der Waals surface area contributed by atoms with E-state index in [1.807, 2.05) is 12.1 Å². The van der Waals surface area contributed by atoms with Crippen LogP contribution in [0.1, 0.15) is 24.2 Å². The number of benzene rings is 1. The molecule has 1 aromatic rings. The quantitative estimate of drug-likeness (QED) is 0.787. The molecule has 1 aromatic carbocycles. The maximum absolute atomic E-state index is 6.54. The molecule has 3 nitrogen and oxygen atoms in total. The molecule has 4 atom stereocenters. The average molecular weight is 316 g/mol. The molecule has 1 saturated heterocycles. The van der Waals surface area contributed by atoms with Crippen LogP contribution < -0.4 is 9.47 Å². The van der Waals surface area contributed by atoms with Crippen LogP contribution in [0.4, 0.5) is 0 Å². The molecule has 1 aliphatic carbocycles. The van der Waals surface area contributed by atoms with E-state index in [0.29, 0.717) is 11.8 Å². The predicted molar refractivity (Wildman–Crippen MR) is 89.1 cm³/mol. The van der Waals surface area contributed by atoms with Gasteiger partial charge >= 0.3 is 0 Å². The van der Waals surface area contributed by atoms with Gasteiger partial charge in [-0.2, -0.15) is 0 Å². The summed E-state index contributed by atoms with van der Waals surface area (Å²) in [6, 6.07) is 4.01. The minimum absolute atomic E-state index is 0.121. The smallest absolute Gasteiger partial charge is 0.125 e. The summed E-state index contributed by atoms with van der Waals surface area (Å²) in [5.41, 5.74) is 2.15. The number of methoxy groups -OCH3 is 2. The lowest BCUT2D eigenvalue weighted by atomic mass is 9.63. The number of hydrogen-bond donors (Lipinski definition) is 0. The molecule has 1 fully saturated rings. The fourth-order valence-electron chi connectivity index (χ4n) is 4.74. The molecule has 22 heavy (non-hydrogen) atoms. The van der Waals surface area contributed by atoms with Gasteiger partial charge < -0.3 is 14.2 Å². The van der Waals surface area contributed by atoms with Crippen LogP contribution in [0.3, 0.4) is 0 Å². The largest absolute Gasteiger partial charge is 0.496 e. The number of fused-ring (bicyclic) bond motifs is 8. The molecule has 2 aliphatic heterocycles. The van der Waals surface area contributed by atoms with Gasteiger partial charge in [0.25, 0.3) is 0 Å². The SMILES string of the molecule is COc1ccc(OC)c2c1[C@H]1O[C@]2(C)[C@@H]2C([Si](C)(C)C)=C[C@H]12. The molecular weight excluding hydrogens is 292 g/mol. The summed E-state index contributed by atoms with van der Waals surface area (Å²) in [5.74, 6) is 2.87. The van der Waals surface area contributed by atoms with Crippen molar-refractivity contribution < 1.29 is 14.2 Å². The molecule has 0 N–H and O–H groups in total. The summed E-state index contributed by atoms with van der Waals surface area (Å²) in [6.07, 6.45) is 2.60. The molecule has 0 unspecified atom stereocenters. The first-order valence-electron chi connectivity index (χ1n) is 7.98. The lowest BCUT2D eigenvalue weighted by Gasteiger charge is -2.47. The van der Waals surface area contributed by atoms with Gasteiger partial charge in [0, 0.05) is 23.0 Å². The van der Waals surface area contributed by atoms with E-state index in [4.69, 9.17) is 14.2 Å². The second-order valence-electron chi connectivity index (χ2n) is 7.83. The van der Waals surface area contributed by atoms with E-state index in [9.17, 15) is 0 Å². The Morgan fingerprint density at radius 3 is 2.32 bits per heavy atom. The van der Waals surface area contributed by atoms with Crippen LogP contribution in [0.15, 0.2) is 23.4 Å². The van der Waals surface area contributed by atoms with E-state index in [0.717, 1.165) is 11.5 Å². The van der Waals surface area contributed by atoms with Gasteiger partial charge in [-0.1, -0.05) is 30.9 Å². The Bertz CT molecular complexity index is 688. The van der Waals surface area contributed by atoms with Crippen LogP contribution in [0.5, 0.6) is 11.5 Å². The number of ether oxygens (including phenoxy) is 3. The average Bonchev–Trinajstić information content (AvgIpc) is 2.80. The van der Waals surface area contributed by atoms with Crippen LogP contribution in [-0.2, 0) is 10.3 Å². The van der Waals surface area contributed by atoms with Crippen molar-refractivity contribution in [3.63, 3.8) is 0 Å². The molecule has 0 amide bonds. The van der Waals surface area contributed by atoms with E-state index in [1.165, 1.54) is 11.1 Å². The molecule has 0 radical (unpaired) electrons. The third-order valence-electron chi connectivity index (χ3n) is 5.66.